The molecule has 5 heteroatoms. The van der Waals surface area contributed by atoms with Gasteiger partial charge in [-0.3, -0.25) is 4.98 Å². The summed E-state index contributed by atoms with van der Waals surface area (Å²) >= 11 is 12.5. The Bertz CT molecular complexity index is 672. The van der Waals surface area contributed by atoms with E-state index in [1.165, 1.54) is 11.1 Å². The molecule has 0 fully saturated rings. The zero-order chi connectivity index (χ0) is 13.7. The maximum Gasteiger partial charge on any atom is 0.139 e. The van der Waals surface area contributed by atoms with Crippen molar-refractivity contribution < 1.29 is 4.74 Å². The molecule has 0 aliphatic carbocycles. The number of halogens is 2. The third-order valence-electron chi connectivity index (χ3n) is 3.70. The molecule has 0 radical (unpaired) electrons. The first-order chi connectivity index (χ1) is 9.04. The van der Waals surface area contributed by atoms with Gasteiger partial charge in [-0.25, -0.2) is 0 Å². The van der Waals surface area contributed by atoms with Gasteiger partial charge in [0, 0.05) is 23.7 Å². The smallest absolute Gasteiger partial charge is 0.139 e. The second kappa shape index (κ2) is 4.51. The quantitative estimate of drug-likeness (QED) is 0.853. The summed E-state index contributed by atoms with van der Waals surface area (Å²) in [6.07, 6.45) is 1.88. The van der Waals surface area contributed by atoms with E-state index < -0.39 is 0 Å². The zero-order valence-electron chi connectivity index (χ0n) is 10.9. The topological polar surface area (TPSA) is 34.1 Å². The van der Waals surface area contributed by atoms with E-state index in [4.69, 9.17) is 27.9 Å². The molecule has 0 spiro atoms. The molecular formula is C14H14Cl2N2O. The van der Waals surface area contributed by atoms with Crippen molar-refractivity contribution in [2.45, 2.75) is 25.9 Å². The maximum atomic E-state index is 6.30. The Kier molecular flexibility index (Phi) is 3.08. The summed E-state index contributed by atoms with van der Waals surface area (Å²) in [4.78, 5) is 4.46. The zero-order valence-corrected chi connectivity index (χ0v) is 12.4. The lowest BCUT2D eigenvalue weighted by Crippen LogP contribution is -2.11. The molecule has 0 unspecified atom stereocenters. The Balaban J connectivity index is 2.41. The number of nitrogens with zero attached hydrogens (tertiary/aromatic N) is 1. The van der Waals surface area contributed by atoms with Gasteiger partial charge in [-0.05, 0) is 31.0 Å². The summed E-state index contributed by atoms with van der Waals surface area (Å²) in [5, 5.41) is 5.36. The van der Waals surface area contributed by atoms with Gasteiger partial charge in [0.05, 0.1) is 17.6 Å². The molecule has 2 aromatic rings. The molecule has 2 atom stereocenters. The standard InChI is InChI=1S/C14H14Cl2N2O/c1-6-9-5-17-14-8(11(9)7(2)18-6)4-10(19-3)12(15)13(14)16/h4-7,18H,1-3H3/t6-,7+/m1/s1. The van der Waals surface area contributed by atoms with E-state index in [1.54, 1.807) is 7.11 Å². The number of hydrogen-bond donors (Lipinski definition) is 1. The van der Waals surface area contributed by atoms with Crippen molar-refractivity contribution in [3.63, 3.8) is 0 Å². The van der Waals surface area contributed by atoms with Gasteiger partial charge < -0.3 is 10.1 Å². The Morgan fingerprint density at radius 3 is 2.63 bits per heavy atom. The minimum Gasteiger partial charge on any atom is -0.495 e. The van der Waals surface area contributed by atoms with Crippen LogP contribution in [0.25, 0.3) is 10.9 Å². The summed E-state index contributed by atoms with van der Waals surface area (Å²) in [5.74, 6) is 0.584. The molecule has 3 nitrogen and oxygen atoms in total. The summed E-state index contributed by atoms with van der Waals surface area (Å²) in [6.45, 7) is 4.27. The molecule has 1 N–H and O–H groups in total. The molecule has 2 heterocycles. The maximum absolute atomic E-state index is 6.30. The van der Waals surface area contributed by atoms with Crippen molar-refractivity contribution in [3.05, 3.63) is 33.4 Å². The number of rotatable bonds is 1. The van der Waals surface area contributed by atoms with Gasteiger partial charge >= 0.3 is 0 Å². The molecule has 3 rings (SSSR count). The molecular weight excluding hydrogens is 283 g/mol. The SMILES string of the molecule is COc1cc2c3c(cnc2c(Cl)c1Cl)[C@@H](C)N[C@H]3C. The van der Waals surface area contributed by atoms with Gasteiger partial charge in [-0.1, -0.05) is 23.2 Å². The van der Waals surface area contributed by atoms with Crippen molar-refractivity contribution in [2.75, 3.05) is 7.11 Å². The van der Waals surface area contributed by atoms with Crippen LogP contribution in [0.3, 0.4) is 0 Å². The highest BCUT2D eigenvalue weighted by molar-refractivity contribution is 6.46. The number of ether oxygens (including phenoxy) is 1. The number of pyridine rings is 1. The Labute approximate surface area is 121 Å². The van der Waals surface area contributed by atoms with Crippen LogP contribution < -0.4 is 10.1 Å². The highest BCUT2D eigenvalue weighted by Gasteiger charge is 2.28. The van der Waals surface area contributed by atoms with Crippen molar-refractivity contribution >= 4 is 34.1 Å². The van der Waals surface area contributed by atoms with Gasteiger partial charge in [0.15, 0.2) is 0 Å². The molecule has 1 aromatic heterocycles. The normalized spacial score (nSPS) is 21.7. The summed E-state index contributed by atoms with van der Waals surface area (Å²) in [7, 11) is 1.59. The van der Waals surface area contributed by atoms with Crippen molar-refractivity contribution in [3.8, 4) is 5.75 Å². The van der Waals surface area contributed by atoms with Crippen LogP contribution in [0.4, 0.5) is 0 Å². The lowest BCUT2D eigenvalue weighted by molar-refractivity contribution is 0.415. The molecule has 0 saturated carbocycles. The third-order valence-corrected chi connectivity index (χ3v) is 4.54. The first kappa shape index (κ1) is 13.0. The minimum absolute atomic E-state index is 0.262. The molecule has 0 saturated heterocycles. The summed E-state index contributed by atoms with van der Waals surface area (Å²) in [6, 6.07) is 2.48. The first-order valence-corrected chi connectivity index (χ1v) is 6.90. The van der Waals surface area contributed by atoms with Crippen LogP contribution in [0.1, 0.15) is 37.1 Å². The van der Waals surface area contributed by atoms with Gasteiger partial charge in [0.2, 0.25) is 0 Å². The van der Waals surface area contributed by atoms with Crippen LogP contribution in [0.5, 0.6) is 5.75 Å². The van der Waals surface area contributed by atoms with E-state index in [-0.39, 0.29) is 6.04 Å². The predicted octanol–water partition coefficient (Wildman–Crippen LogP) is 4.28. The third kappa shape index (κ3) is 1.80. The number of aromatic nitrogens is 1. The molecule has 1 aliphatic rings. The van der Waals surface area contributed by atoms with Gasteiger partial charge in [0.25, 0.3) is 0 Å². The summed E-state index contributed by atoms with van der Waals surface area (Å²) in [5.41, 5.74) is 3.17. The number of methoxy groups -OCH3 is 1. The van der Waals surface area contributed by atoms with E-state index in [0.29, 0.717) is 21.8 Å². The second-order valence-electron chi connectivity index (χ2n) is 4.84. The lowest BCUT2D eigenvalue weighted by atomic mass is 9.99. The molecule has 19 heavy (non-hydrogen) atoms. The first-order valence-electron chi connectivity index (χ1n) is 6.15. The molecule has 0 amide bonds. The second-order valence-corrected chi connectivity index (χ2v) is 5.60. The van der Waals surface area contributed by atoms with Crippen LogP contribution >= 0.6 is 23.2 Å². The van der Waals surface area contributed by atoms with Crippen LogP contribution in [-0.2, 0) is 0 Å². The molecule has 100 valence electrons. The highest BCUT2D eigenvalue weighted by atomic mass is 35.5. The van der Waals surface area contributed by atoms with E-state index in [1.807, 2.05) is 12.3 Å². The highest BCUT2D eigenvalue weighted by Crippen LogP contribution is 2.43. The average molecular weight is 297 g/mol. The van der Waals surface area contributed by atoms with Crippen LogP contribution in [0.2, 0.25) is 10.0 Å². The van der Waals surface area contributed by atoms with E-state index in [9.17, 15) is 0 Å². The number of fused-ring (bicyclic) bond motifs is 3. The molecule has 1 aliphatic heterocycles. The fraction of sp³-hybridized carbons (Fsp3) is 0.357. The van der Waals surface area contributed by atoms with Gasteiger partial charge in [-0.2, -0.15) is 0 Å². The largest absolute Gasteiger partial charge is 0.495 e. The minimum atomic E-state index is 0.262. The van der Waals surface area contributed by atoms with E-state index in [2.05, 4.69) is 24.1 Å². The van der Waals surface area contributed by atoms with E-state index >= 15 is 0 Å². The fourth-order valence-corrected chi connectivity index (χ4v) is 3.27. The van der Waals surface area contributed by atoms with Crippen molar-refractivity contribution in [1.29, 1.82) is 0 Å². The van der Waals surface area contributed by atoms with Crippen LogP contribution in [0, 0.1) is 0 Å². The lowest BCUT2D eigenvalue weighted by Gasteiger charge is -2.13. The number of benzene rings is 1. The Hall–Kier alpha value is -1.03. The monoisotopic (exact) mass is 296 g/mol. The van der Waals surface area contributed by atoms with Crippen molar-refractivity contribution in [1.82, 2.24) is 10.3 Å². The predicted molar refractivity (Wildman–Crippen MR) is 78.3 cm³/mol. The van der Waals surface area contributed by atoms with Crippen molar-refractivity contribution in [2.24, 2.45) is 0 Å². The fourth-order valence-electron chi connectivity index (χ4n) is 2.81. The van der Waals surface area contributed by atoms with Gasteiger partial charge in [-0.15, -0.1) is 0 Å². The average Bonchev–Trinajstić information content (AvgIpc) is 2.69. The Morgan fingerprint density at radius 1 is 1.21 bits per heavy atom. The summed E-state index contributed by atoms with van der Waals surface area (Å²) < 4.78 is 5.29. The van der Waals surface area contributed by atoms with Crippen LogP contribution in [-0.4, -0.2) is 12.1 Å². The molecule has 1 aromatic carbocycles. The van der Waals surface area contributed by atoms with Gasteiger partial charge in [0.1, 0.15) is 10.8 Å². The molecule has 0 bridgehead atoms. The van der Waals surface area contributed by atoms with E-state index in [0.717, 1.165) is 10.9 Å². The van der Waals surface area contributed by atoms with Crippen LogP contribution in [0.15, 0.2) is 12.3 Å². The number of nitrogens with one attached hydrogen (secondary N) is 1. The Morgan fingerprint density at radius 2 is 1.95 bits per heavy atom. The number of hydrogen-bond acceptors (Lipinski definition) is 3.